The van der Waals surface area contributed by atoms with Crippen LogP contribution in [0.25, 0.3) is 0 Å². The zero-order chi connectivity index (χ0) is 14.6. The van der Waals surface area contributed by atoms with Crippen molar-refractivity contribution in [2.24, 2.45) is 5.92 Å². The first-order chi connectivity index (χ1) is 9.44. The van der Waals surface area contributed by atoms with Crippen molar-refractivity contribution < 1.29 is 0 Å². The molecule has 2 heteroatoms. The van der Waals surface area contributed by atoms with E-state index in [1.165, 1.54) is 37.7 Å². The molecule has 0 radical (unpaired) electrons. The van der Waals surface area contributed by atoms with Gasteiger partial charge in [-0.25, -0.2) is 0 Å². The Balaban J connectivity index is 2.06. The van der Waals surface area contributed by atoms with E-state index in [1.54, 1.807) is 0 Å². The molecule has 1 unspecified atom stereocenters. The highest BCUT2D eigenvalue weighted by molar-refractivity contribution is 6.30. The van der Waals surface area contributed by atoms with Crippen molar-refractivity contribution >= 4 is 11.6 Å². The summed E-state index contributed by atoms with van der Waals surface area (Å²) in [5.74, 6) is 1.48. The Morgan fingerprint density at radius 2 is 1.95 bits per heavy atom. The molecule has 1 aromatic rings. The lowest BCUT2D eigenvalue weighted by Crippen LogP contribution is -2.38. The third-order valence-electron chi connectivity index (χ3n) is 4.29. The van der Waals surface area contributed by atoms with Crippen LogP contribution in [0.15, 0.2) is 24.3 Å². The van der Waals surface area contributed by atoms with Gasteiger partial charge in [-0.1, -0.05) is 49.4 Å². The molecule has 1 aromatic carbocycles. The Morgan fingerprint density at radius 3 is 2.55 bits per heavy atom. The molecule has 0 spiro atoms. The maximum atomic E-state index is 6.18. The molecule has 1 N–H and O–H groups in total. The molecule has 1 fully saturated rings. The predicted octanol–water partition coefficient (Wildman–Crippen LogP) is 5.39. The third-order valence-corrected chi connectivity index (χ3v) is 4.53. The van der Waals surface area contributed by atoms with Gasteiger partial charge in [0.2, 0.25) is 0 Å². The van der Waals surface area contributed by atoms with Crippen LogP contribution in [0.4, 0.5) is 0 Å². The topological polar surface area (TPSA) is 12.0 Å². The molecule has 1 atom stereocenters. The van der Waals surface area contributed by atoms with Gasteiger partial charge in [-0.2, -0.15) is 0 Å². The van der Waals surface area contributed by atoms with E-state index in [-0.39, 0.29) is 5.54 Å². The lowest BCUT2D eigenvalue weighted by Gasteiger charge is -2.27. The first-order valence-electron chi connectivity index (χ1n) is 7.94. The zero-order valence-corrected chi connectivity index (χ0v) is 13.8. The highest BCUT2D eigenvalue weighted by Crippen LogP contribution is 2.34. The zero-order valence-electron chi connectivity index (χ0n) is 13.1. The second-order valence-corrected chi connectivity index (χ2v) is 7.71. The minimum Gasteiger partial charge on any atom is -0.311 e. The molecule has 0 saturated heterocycles. The molecule has 20 heavy (non-hydrogen) atoms. The van der Waals surface area contributed by atoms with Gasteiger partial charge in [-0.15, -0.1) is 0 Å². The summed E-state index contributed by atoms with van der Waals surface area (Å²) in [5.41, 5.74) is 1.56. The SMILES string of the molecule is CC(C)(C)NCC(CC1CCCC1)c1cccc(Cl)c1. The quantitative estimate of drug-likeness (QED) is 0.767. The van der Waals surface area contributed by atoms with E-state index < -0.39 is 0 Å². The van der Waals surface area contributed by atoms with Crippen molar-refractivity contribution in [1.29, 1.82) is 0 Å². The normalized spacial score (nSPS) is 18.4. The van der Waals surface area contributed by atoms with E-state index in [9.17, 15) is 0 Å². The molecule has 0 aromatic heterocycles. The summed E-state index contributed by atoms with van der Waals surface area (Å²) >= 11 is 6.18. The van der Waals surface area contributed by atoms with Gasteiger partial charge in [0, 0.05) is 17.1 Å². The number of nitrogens with one attached hydrogen (secondary N) is 1. The Morgan fingerprint density at radius 1 is 1.25 bits per heavy atom. The van der Waals surface area contributed by atoms with Crippen molar-refractivity contribution in [3.05, 3.63) is 34.9 Å². The van der Waals surface area contributed by atoms with Gasteiger partial charge in [0.15, 0.2) is 0 Å². The van der Waals surface area contributed by atoms with E-state index in [2.05, 4.69) is 44.3 Å². The summed E-state index contributed by atoms with van der Waals surface area (Å²) in [6, 6.07) is 8.42. The summed E-state index contributed by atoms with van der Waals surface area (Å²) < 4.78 is 0. The van der Waals surface area contributed by atoms with Gasteiger partial charge in [0.1, 0.15) is 0 Å². The van der Waals surface area contributed by atoms with Crippen LogP contribution >= 0.6 is 11.6 Å². The average molecular weight is 294 g/mol. The van der Waals surface area contributed by atoms with Crippen LogP contribution in [0.1, 0.15) is 64.4 Å². The second-order valence-electron chi connectivity index (χ2n) is 7.27. The highest BCUT2D eigenvalue weighted by Gasteiger charge is 2.22. The first kappa shape index (κ1) is 15.9. The van der Waals surface area contributed by atoms with Crippen LogP contribution in [-0.2, 0) is 0 Å². The van der Waals surface area contributed by atoms with Gasteiger partial charge < -0.3 is 5.32 Å². The van der Waals surface area contributed by atoms with Gasteiger partial charge >= 0.3 is 0 Å². The second kappa shape index (κ2) is 6.95. The van der Waals surface area contributed by atoms with Crippen molar-refractivity contribution in [2.45, 2.75) is 64.3 Å². The van der Waals surface area contributed by atoms with Crippen molar-refractivity contribution in [3.63, 3.8) is 0 Å². The maximum absolute atomic E-state index is 6.18. The minimum atomic E-state index is 0.173. The summed E-state index contributed by atoms with van der Waals surface area (Å²) in [6.07, 6.45) is 6.95. The number of halogens is 1. The summed E-state index contributed by atoms with van der Waals surface area (Å²) in [4.78, 5) is 0. The number of hydrogen-bond acceptors (Lipinski definition) is 1. The van der Waals surface area contributed by atoms with Crippen LogP contribution in [0, 0.1) is 5.92 Å². The van der Waals surface area contributed by atoms with Crippen LogP contribution < -0.4 is 5.32 Å². The predicted molar refractivity (Wildman–Crippen MR) is 88.5 cm³/mol. The lowest BCUT2D eigenvalue weighted by molar-refractivity contribution is 0.368. The largest absolute Gasteiger partial charge is 0.311 e. The number of benzene rings is 1. The molecule has 0 aliphatic heterocycles. The van der Waals surface area contributed by atoms with E-state index in [0.29, 0.717) is 5.92 Å². The monoisotopic (exact) mass is 293 g/mol. The lowest BCUT2D eigenvalue weighted by atomic mass is 9.87. The molecular formula is C18H28ClN. The van der Waals surface area contributed by atoms with Crippen molar-refractivity contribution in [2.75, 3.05) is 6.54 Å². The number of hydrogen-bond donors (Lipinski definition) is 1. The van der Waals surface area contributed by atoms with Crippen LogP contribution in [-0.4, -0.2) is 12.1 Å². The summed E-state index contributed by atoms with van der Waals surface area (Å²) in [5, 5.41) is 4.53. The standard InChI is InChI=1S/C18H28ClN/c1-18(2,3)20-13-16(11-14-7-4-5-8-14)15-9-6-10-17(19)12-15/h6,9-10,12,14,16,20H,4-5,7-8,11,13H2,1-3H3. The number of rotatable bonds is 5. The molecular weight excluding hydrogens is 266 g/mol. The fourth-order valence-corrected chi connectivity index (χ4v) is 3.37. The third kappa shape index (κ3) is 5.10. The van der Waals surface area contributed by atoms with Crippen molar-refractivity contribution in [3.8, 4) is 0 Å². The average Bonchev–Trinajstić information content (AvgIpc) is 2.86. The Labute approximate surface area is 129 Å². The van der Waals surface area contributed by atoms with Gasteiger partial charge in [-0.05, 0) is 56.7 Å². The molecule has 0 amide bonds. The minimum absolute atomic E-state index is 0.173. The van der Waals surface area contributed by atoms with Crippen molar-refractivity contribution in [1.82, 2.24) is 5.32 Å². The Hall–Kier alpha value is -0.530. The first-order valence-corrected chi connectivity index (χ1v) is 8.32. The van der Waals surface area contributed by atoms with Gasteiger partial charge in [0.05, 0.1) is 0 Å². The molecule has 1 aliphatic rings. The molecule has 0 heterocycles. The molecule has 1 aliphatic carbocycles. The maximum Gasteiger partial charge on any atom is 0.0408 e. The van der Waals surface area contributed by atoms with E-state index in [0.717, 1.165) is 17.5 Å². The fourth-order valence-electron chi connectivity index (χ4n) is 3.18. The van der Waals surface area contributed by atoms with Gasteiger partial charge in [-0.3, -0.25) is 0 Å². The molecule has 1 saturated carbocycles. The van der Waals surface area contributed by atoms with E-state index >= 15 is 0 Å². The smallest absolute Gasteiger partial charge is 0.0408 e. The molecule has 0 bridgehead atoms. The summed E-state index contributed by atoms with van der Waals surface area (Å²) in [6.45, 7) is 7.74. The van der Waals surface area contributed by atoms with E-state index in [1.807, 2.05) is 6.07 Å². The summed E-state index contributed by atoms with van der Waals surface area (Å²) in [7, 11) is 0. The highest BCUT2D eigenvalue weighted by atomic mass is 35.5. The molecule has 112 valence electrons. The molecule has 2 rings (SSSR count). The van der Waals surface area contributed by atoms with Crippen LogP contribution in [0.3, 0.4) is 0 Å². The Kier molecular flexibility index (Phi) is 5.51. The van der Waals surface area contributed by atoms with Crippen LogP contribution in [0.5, 0.6) is 0 Å². The Bertz CT molecular complexity index is 416. The van der Waals surface area contributed by atoms with E-state index in [4.69, 9.17) is 11.6 Å². The van der Waals surface area contributed by atoms with Gasteiger partial charge in [0.25, 0.3) is 0 Å². The van der Waals surface area contributed by atoms with Crippen LogP contribution in [0.2, 0.25) is 5.02 Å². The molecule has 1 nitrogen and oxygen atoms in total. The fraction of sp³-hybridized carbons (Fsp3) is 0.667.